The number of β-amino-alcohol motifs (C(OH)–C–C–N with tert-alkyl or cyclic N) is 1. The van der Waals surface area contributed by atoms with Gasteiger partial charge in [0.05, 0.1) is 12.7 Å². The maximum Gasteiger partial charge on any atom is 0.0900 e. The van der Waals surface area contributed by atoms with E-state index in [4.69, 9.17) is 10.5 Å². The zero-order chi connectivity index (χ0) is 11.3. The molecular weight excluding hydrogens is 192 g/mol. The van der Waals surface area contributed by atoms with E-state index in [0.29, 0.717) is 18.6 Å². The van der Waals surface area contributed by atoms with Crippen LogP contribution in [0.1, 0.15) is 19.8 Å². The van der Waals surface area contributed by atoms with E-state index in [-0.39, 0.29) is 6.10 Å². The van der Waals surface area contributed by atoms with Crippen LogP contribution in [0.4, 0.5) is 0 Å². The topological polar surface area (TPSA) is 58.7 Å². The Balaban J connectivity index is 2.19. The number of nitrogens with zero attached hydrogens (tertiary/aromatic N) is 1. The second-order valence-electron chi connectivity index (χ2n) is 4.61. The van der Waals surface area contributed by atoms with Crippen LogP contribution in [0.3, 0.4) is 0 Å². The maximum atomic E-state index is 9.59. The average molecular weight is 216 g/mol. The third kappa shape index (κ3) is 4.47. The molecule has 2 atom stereocenters. The highest BCUT2D eigenvalue weighted by atomic mass is 16.5. The predicted molar refractivity (Wildman–Crippen MR) is 60.7 cm³/mol. The Hall–Kier alpha value is -0.160. The standard InChI is InChI=1S/C11H24N2O2/c1-9(12)10-3-5-13(6-4-10)7-11(14)8-15-2/h9-11,14H,3-8,12H2,1-2H3. The number of aliphatic hydroxyl groups excluding tert-OH is 1. The highest BCUT2D eigenvalue weighted by Gasteiger charge is 2.22. The molecule has 3 N–H and O–H groups in total. The van der Waals surface area contributed by atoms with Crippen LogP contribution >= 0.6 is 0 Å². The SMILES string of the molecule is COCC(O)CN1CCC(C(C)N)CC1. The summed E-state index contributed by atoms with van der Waals surface area (Å²) in [5, 5.41) is 9.59. The number of nitrogens with two attached hydrogens (primary N) is 1. The summed E-state index contributed by atoms with van der Waals surface area (Å²) in [4.78, 5) is 2.29. The second-order valence-corrected chi connectivity index (χ2v) is 4.61. The molecule has 0 spiro atoms. The van der Waals surface area contributed by atoms with Gasteiger partial charge in [-0.1, -0.05) is 0 Å². The zero-order valence-electron chi connectivity index (χ0n) is 9.85. The van der Waals surface area contributed by atoms with Crippen molar-refractivity contribution in [3.8, 4) is 0 Å². The Morgan fingerprint density at radius 1 is 1.47 bits per heavy atom. The molecule has 1 saturated heterocycles. The molecule has 15 heavy (non-hydrogen) atoms. The summed E-state index contributed by atoms with van der Waals surface area (Å²) < 4.78 is 4.91. The lowest BCUT2D eigenvalue weighted by molar-refractivity contribution is 0.0283. The Labute approximate surface area is 92.4 Å². The van der Waals surface area contributed by atoms with E-state index in [2.05, 4.69) is 11.8 Å². The summed E-state index contributed by atoms with van der Waals surface area (Å²) >= 11 is 0. The molecule has 1 aliphatic heterocycles. The van der Waals surface area contributed by atoms with Crippen molar-refractivity contribution >= 4 is 0 Å². The first-order valence-electron chi connectivity index (χ1n) is 5.78. The molecule has 1 fully saturated rings. The summed E-state index contributed by atoms with van der Waals surface area (Å²) in [7, 11) is 1.62. The van der Waals surface area contributed by atoms with Crippen molar-refractivity contribution < 1.29 is 9.84 Å². The van der Waals surface area contributed by atoms with Crippen molar-refractivity contribution in [2.45, 2.75) is 31.9 Å². The van der Waals surface area contributed by atoms with Gasteiger partial charge in [0, 0.05) is 19.7 Å². The van der Waals surface area contributed by atoms with Gasteiger partial charge in [-0.05, 0) is 38.8 Å². The van der Waals surface area contributed by atoms with E-state index in [1.54, 1.807) is 7.11 Å². The van der Waals surface area contributed by atoms with Gasteiger partial charge in [0.1, 0.15) is 0 Å². The molecule has 0 aromatic rings. The minimum absolute atomic E-state index is 0.302. The molecule has 0 aromatic heterocycles. The Morgan fingerprint density at radius 3 is 2.53 bits per heavy atom. The van der Waals surface area contributed by atoms with Gasteiger partial charge in [0.15, 0.2) is 0 Å². The van der Waals surface area contributed by atoms with Gasteiger partial charge in [-0.15, -0.1) is 0 Å². The van der Waals surface area contributed by atoms with Crippen molar-refractivity contribution in [1.82, 2.24) is 4.90 Å². The fourth-order valence-electron chi connectivity index (χ4n) is 2.20. The highest BCUT2D eigenvalue weighted by molar-refractivity contribution is 4.78. The van der Waals surface area contributed by atoms with Gasteiger partial charge in [0.2, 0.25) is 0 Å². The minimum Gasteiger partial charge on any atom is -0.389 e. The lowest BCUT2D eigenvalue weighted by Crippen LogP contribution is -2.43. The predicted octanol–water partition coefficient (Wildman–Crippen LogP) is 0.0529. The summed E-state index contributed by atoms with van der Waals surface area (Å²) in [5.41, 5.74) is 5.87. The number of aliphatic hydroxyl groups is 1. The van der Waals surface area contributed by atoms with Crippen LogP contribution in [0.5, 0.6) is 0 Å². The maximum absolute atomic E-state index is 9.59. The molecular formula is C11H24N2O2. The molecule has 0 aliphatic carbocycles. The van der Waals surface area contributed by atoms with E-state index in [1.807, 2.05) is 0 Å². The van der Waals surface area contributed by atoms with E-state index < -0.39 is 0 Å². The van der Waals surface area contributed by atoms with Crippen molar-refractivity contribution in [3.05, 3.63) is 0 Å². The molecule has 2 unspecified atom stereocenters. The lowest BCUT2D eigenvalue weighted by atomic mass is 9.91. The first-order valence-corrected chi connectivity index (χ1v) is 5.78. The number of likely N-dealkylation sites (tertiary alicyclic amines) is 1. The van der Waals surface area contributed by atoms with Crippen molar-refractivity contribution in [1.29, 1.82) is 0 Å². The van der Waals surface area contributed by atoms with Crippen LogP contribution in [-0.2, 0) is 4.74 Å². The number of piperidine rings is 1. The number of hydrogen-bond acceptors (Lipinski definition) is 4. The van der Waals surface area contributed by atoms with Crippen molar-refractivity contribution in [3.63, 3.8) is 0 Å². The molecule has 90 valence electrons. The monoisotopic (exact) mass is 216 g/mol. The van der Waals surface area contributed by atoms with Gasteiger partial charge in [-0.3, -0.25) is 0 Å². The number of methoxy groups -OCH3 is 1. The van der Waals surface area contributed by atoms with Crippen LogP contribution < -0.4 is 5.73 Å². The van der Waals surface area contributed by atoms with E-state index in [0.717, 1.165) is 32.5 Å². The fourth-order valence-corrected chi connectivity index (χ4v) is 2.20. The Morgan fingerprint density at radius 2 is 2.07 bits per heavy atom. The third-order valence-electron chi connectivity index (χ3n) is 3.20. The van der Waals surface area contributed by atoms with E-state index in [9.17, 15) is 5.11 Å². The molecule has 4 nitrogen and oxygen atoms in total. The average Bonchev–Trinajstić information content (AvgIpc) is 2.18. The van der Waals surface area contributed by atoms with E-state index in [1.165, 1.54) is 0 Å². The van der Waals surface area contributed by atoms with Crippen LogP contribution in [0, 0.1) is 5.92 Å². The highest BCUT2D eigenvalue weighted by Crippen LogP contribution is 2.19. The van der Waals surface area contributed by atoms with Crippen LogP contribution in [0.2, 0.25) is 0 Å². The quantitative estimate of drug-likeness (QED) is 0.682. The normalized spacial score (nSPS) is 24.0. The van der Waals surface area contributed by atoms with Crippen LogP contribution in [0.25, 0.3) is 0 Å². The molecule has 0 radical (unpaired) electrons. The smallest absolute Gasteiger partial charge is 0.0900 e. The molecule has 0 bridgehead atoms. The zero-order valence-corrected chi connectivity index (χ0v) is 9.85. The van der Waals surface area contributed by atoms with Gasteiger partial charge >= 0.3 is 0 Å². The van der Waals surface area contributed by atoms with Gasteiger partial charge in [0.25, 0.3) is 0 Å². The van der Waals surface area contributed by atoms with Crippen molar-refractivity contribution in [2.24, 2.45) is 11.7 Å². The summed E-state index contributed by atoms with van der Waals surface area (Å²) in [6.45, 7) is 5.33. The van der Waals surface area contributed by atoms with Gasteiger partial charge in [-0.25, -0.2) is 0 Å². The third-order valence-corrected chi connectivity index (χ3v) is 3.20. The molecule has 0 amide bonds. The molecule has 0 aromatic carbocycles. The second kappa shape index (κ2) is 6.43. The Kier molecular flexibility index (Phi) is 5.53. The molecule has 0 saturated carbocycles. The molecule has 1 rings (SSSR count). The van der Waals surface area contributed by atoms with Crippen molar-refractivity contribution in [2.75, 3.05) is 33.4 Å². The minimum atomic E-state index is -0.359. The molecule has 4 heteroatoms. The molecule has 1 aliphatic rings. The Bertz CT molecular complexity index is 168. The van der Waals surface area contributed by atoms with Crippen LogP contribution in [0.15, 0.2) is 0 Å². The number of hydrogen-bond donors (Lipinski definition) is 2. The summed E-state index contributed by atoms with van der Waals surface area (Å²) in [5.74, 6) is 0.654. The molecule has 1 heterocycles. The fraction of sp³-hybridized carbons (Fsp3) is 1.00. The first-order chi connectivity index (χ1) is 7.13. The summed E-state index contributed by atoms with van der Waals surface area (Å²) in [6, 6.07) is 0.302. The number of ether oxygens (including phenoxy) is 1. The largest absolute Gasteiger partial charge is 0.389 e. The lowest BCUT2D eigenvalue weighted by Gasteiger charge is -2.34. The first kappa shape index (κ1) is 12.9. The number of rotatable bonds is 5. The van der Waals surface area contributed by atoms with Crippen LogP contribution in [-0.4, -0.2) is 55.5 Å². The van der Waals surface area contributed by atoms with Gasteiger partial charge < -0.3 is 20.5 Å². The van der Waals surface area contributed by atoms with Gasteiger partial charge in [-0.2, -0.15) is 0 Å². The van der Waals surface area contributed by atoms with E-state index >= 15 is 0 Å². The summed E-state index contributed by atoms with van der Waals surface area (Å²) in [6.07, 6.45) is 1.94.